The predicted molar refractivity (Wildman–Crippen MR) is 129 cm³/mol. The van der Waals surface area contributed by atoms with Gasteiger partial charge in [-0.2, -0.15) is 0 Å². The standard InChI is InChI=1S/C25H29FN4O5/c1-14-6-8-17(25(34)35)4-3-5-21(31)22(14)30-24(33)20-11-19(28-13-29-20)23(32)27-12-16-7-9-18(26)15(2)10-16/h4,6-10,13-14,19,21-22,31H,3,5,11-12H2,1-2H3,(H,27,32)(H,30,33)(H,34,35)/b8-6-,17-4+/t14?,19?,21-,22-/m1/s1. The number of carboxylic acid groups (broad SMARTS) is 1. The van der Waals surface area contributed by atoms with Crippen molar-refractivity contribution in [1.29, 1.82) is 0 Å². The molecule has 0 saturated carbocycles. The zero-order valence-electron chi connectivity index (χ0n) is 19.6. The maximum atomic E-state index is 13.4. The van der Waals surface area contributed by atoms with Gasteiger partial charge in [0.15, 0.2) is 0 Å². The molecule has 1 aromatic carbocycles. The third-order valence-electron chi connectivity index (χ3n) is 6.03. The fraction of sp³-hybridized carbons (Fsp3) is 0.400. The summed E-state index contributed by atoms with van der Waals surface area (Å²) in [6.45, 7) is 3.60. The molecule has 4 atom stereocenters. The average molecular weight is 485 g/mol. The van der Waals surface area contributed by atoms with Crippen LogP contribution in [0.5, 0.6) is 0 Å². The Bertz CT molecular complexity index is 1110. The smallest absolute Gasteiger partial charge is 0.335 e. The van der Waals surface area contributed by atoms with Gasteiger partial charge < -0.3 is 20.8 Å². The fourth-order valence-corrected chi connectivity index (χ4v) is 3.91. The summed E-state index contributed by atoms with van der Waals surface area (Å²) in [7, 11) is 0. The number of hydrogen-bond donors (Lipinski definition) is 4. The summed E-state index contributed by atoms with van der Waals surface area (Å²) in [6.07, 6.45) is 5.50. The van der Waals surface area contributed by atoms with Crippen LogP contribution in [0.4, 0.5) is 4.39 Å². The van der Waals surface area contributed by atoms with E-state index >= 15 is 0 Å². The number of aliphatic imine (C=N–C) groups is 2. The van der Waals surface area contributed by atoms with Crippen molar-refractivity contribution in [2.75, 3.05) is 0 Å². The Balaban J connectivity index is 1.60. The second kappa shape index (κ2) is 11.7. The number of hydrogen-bond acceptors (Lipinski definition) is 6. The number of rotatable bonds is 6. The highest BCUT2D eigenvalue weighted by Crippen LogP contribution is 2.19. The number of carboxylic acids is 1. The van der Waals surface area contributed by atoms with E-state index < -0.39 is 36.0 Å². The molecule has 9 nitrogen and oxygen atoms in total. The molecule has 35 heavy (non-hydrogen) atoms. The highest BCUT2D eigenvalue weighted by molar-refractivity contribution is 6.40. The van der Waals surface area contributed by atoms with E-state index in [0.29, 0.717) is 12.0 Å². The number of carbonyl (C=O) groups excluding carboxylic acids is 2. The molecule has 186 valence electrons. The zero-order valence-corrected chi connectivity index (χ0v) is 19.6. The van der Waals surface area contributed by atoms with Crippen LogP contribution in [0.25, 0.3) is 0 Å². The first kappa shape index (κ1) is 26.0. The molecular formula is C25H29FN4O5. The van der Waals surface area contributed by atoms with Gasteiger partial charge in [-0.05, 0) is 42.9 Å². The molecule has 0 bridgehead atoms. The first-order chi connectivity index (χ1) is 16.7. The van der Waals surface area contributed by atoms with Crippen LogP contribution in [0.1, 0.15) is 37.3 Å². The highest BCUT2D eigenvalue weighted by Gasteiger charge is 2.30. The molecular weight excluding hydrogens is 455 g/mol. The van der Waals surface area contributed by atoms with Crippen LogP contribution in [0.3, 0.4) is 0 Å². The number of allylic oxidation sites excluding steroid dienone is 1. The molecule has 1 aliphatic heterocycles. The number of carbonyl (C=O) groups is 3. The number of aliphatic hydroxyl groups is 1. The van der Waals surface area contributed by atoms with Gasteiger partial charge in [-0.1, -0.05) is 37.3 Å². The van der Waals surface area contributed by atoms with Crippen molar-refractivity contribution < 1.29 is 29.0 Å². The molecule has 0 fully saturated rings. The Morgan fingerprint density at radius 2 is 2.03 bits per heavy atom. The second-order valence-electron chi connectivity index (χ2n) is 8.69. The first-order valence-corrected chi connectivity index (χ1v) is 11.4. The van der Waals surface area contributed by atoms with Crippen LogP contribution in [0, 0.1) is 18.7 Å². The Kier molecular flexibility index (Phi) is 8.64. The summed E-state index contributed by atoms with van der Waals surface area (Å²) >= 11 is 0. The maximum absolute atomic E-state index is 13.4. The number of halogens is 1. The molecule has 1 heterocycles. The lowest BCUT2D eigenvalue weighted by Crippen LogP contribution is -2.50. The first-order valence-electron chi connectivity index (χ1n) is 11.4. The molecule has 1 aromatic rings. The minimum atomic E-state index is -1.06. The summed E-state index contributed by atoms with van der Waals surface area (Å²) in [6, 6.07) is 3.05. The van der Waals surface area contributed by atoms with Crippen molar-refractivity contribution in [3.05, 3.63) is 58.9 Å². The largest absolute Gasteiger partial charge is 0.478 e. The number of aliphatic carboxylic acids is 1. The Labute approximate surface area is 202 Å². The minimum absolute atomic E-state index is 0.0195. The van der Waals surface area contributed by atoms with Gasteiger partial charge in [-0.25, -0.2) is 14.2 Å². The van der Waals surface area contributed by atoms with Crippen LogP contribution in [0.15, 0.2) is 52.0 Å². The van der Waals surface area contributed by atoms with Crippen molar-refractivity contribution in [3.63, 3.8) is 0 Å². The molecule has 2 aliphatic rings. The van der Waals surface area contributed by atoms with Crippen molar-refractivity contribution in [1.82, 2.24) is 10.6 Å². The number of amides is 2. The van der Waals surface area contributed by atoms with Gasteiger partial charge in [0.05, 0.1) is 17.7 Å². The molecule has 0 saturated heterocycles. The van der Waals surface area contributed by atoms with Crippen molar-refractivity contribution >= 4 is 29.8 Å². The van der Waals surface area contributed by atoms with Crippen LogP contribution >= 0.6 is 0 Å². The van der Waals surface area contributed by atoms with E-state index in [-0.39, 0.29) is 42.4 Å². The maximum Gasteiger partial charge on any atom is 0.335 e. The van der Waals surface area contributed by atoms with E-state index in [0.717, 1.165) is 11.9 Å². The Hall–Kier alpha value is -3.66. The lowest BCUT2D eigenvalue weighted by Gasteiger charge is -2.28. The highest BCUT2D eigenvalue weighted by atomic mass is 19.1. The quantitative estimate of drug-likeness (QED) is 0.488. The number of nitrogens with one attached hydrogen (secondary N) is 2. The van der Waals surface area contributed by atoms with E-state index in [2.05, 4.69) is 20.6 Å². The Morgan fingerprint density at radius 3 is 2.74 bits per heavy atom. The van der Waals surface area contributed by atoms with E-state index in [9.17, 15) is 29.0 Å². The number of benzene rings is 1. The zero-order chi connectivity index (χ0) is 25.5. The van der Waals surface area contributed by atoms with Gasteiger partial charge in [-0.15, -0.1) is 0 Å². The number of aryl methyl sites for hydroxylation is 1. The molecule has 10 heteroatoms. The minimum Gasteiger partial charge on any atom is -0.478 e. The van der Waals surface area contributed by atoms with Gasteiger partial charge in [0, 0.05) is 13.0 Å². The molecule has 3 rings (SSSR count). The van der Waals surface area contributed by atoms with Gasteiger partial charge in [-0.3, -0.25) is 14.6 Å². The van der Waals surface area contributed by atoms with Crippen LogP contribution in [-0.2, 0) is 20.9 Å². The van der Waals surface area contributed by atoms with Gasteiger partial charge >= 0.3 is 5.97 Å². The van der Waals surface area contributed by atoms with E-state index in [4.69, 9.17) is 0 Å². The Morgan fingerprint density at radius 1 is 1.26 bits per heavy atom. The third-order valence-corrected chi connectivity index (χ3v) is 6.03. The second-order valence-corrected chi connectivity index (χ2v) is 8.69. The van der Waals surface area contributed by atoms with Crippen LogP contribution < -0.4 is 10.6 Å². The van der Waals surface area contributed by atoms with E-state index in [1.807, 2.05) is 0 Å². The SMILES string of the molecule is Cc1cc(CNC(=O)C2CC(C(=O)N[C@@H]3C(C)/C=C\C(C(=O)O)=C/CC[C@H]3O)=NC=N2)ccc1F. The molecule has 2 unspecified atom stereocenters. The number of aliphatic hydroxyl groups excluding tert-OH is 1. The molecule has 1 aliphatic carbocycles. The summed E-state index contributed by atoms with van der Waals surface area (Å²) in [5.41, 5.74) is 1.45. The van der Waals surface area contributed by atoms with Gasteiger partial charge in [0.1, 0.15) is 23.9 Å². The summed E-state index contributed by atoms with van der Waals surface area (Å²) in [4.78, 5) is 44.9. The number of nitrogens with zero attached hydrogens (tertiary/aromatic N) is 2. The average Bonchev–Trinajstić information content (AvgIpc) is 2.90. The van der Waals surface area contributed by atoms with Crippen LogP contribution in [0.2, 0.25) is 0 Å². The molecule has 4 N–H and O–H groups in total. The van der Waals surface area contributed by atoms with E-state index in [1.165, 1.54) is 18.2 Å². The van der Waals surface area contributed by atoms with Crippen molar-refractivity contribution in [2.45, 2.75) is 57.8 Å². The molecule has 2 amide bonds. The normalized spacial score (nSPS) is 26.7. The topological polar surface area (TPSA) is 140 Å². The monoisotopic (exact) mass is 484 g/mol. The van der Waals surface area contributed by atoms with Gasteiger partial charge in [0.2, 0.25) is 5.91 Å². The summed E-state index contributed by atoms with van der Waals surface area (Å²) in [5, 5.41) is 25.4. The summed E-state index contributed by atoms with van der Waals surface area (Å²) < 4.78 is 13.4. The lowest BCUT2D eigenvalue weighted by atomic mass is 9.93. The third kappa shape index (κ3) is 6.92. The summed E-state index contributed by atoms with van der Waals surface area (Å²) in [5.74, 6) is -2.66. The lowest BCUT2D eigenvalue weighted by molar-refractivity contribution is -0.132. The molecule has 0 radical (unpaired) electrons. The van der Waals surface area contributed by atoms with Gasteiger partial charge in [0.25, 0.3) is 5.91 Å². The molecule has 0 aromatic heterocycles. The van der Waals surface area contributed by atoms with Crippen molar-refractivity contribution in [2.24, 2.45) is 15.9 Å². The molecule has 0 spiro atoms. The van der Waals surface area contributed by atoms with E-state index in [1.54, 1.807) is 32.1 Å². The predicted octanol–water partition coefficient (Wildman–Crippen LogP) is 1.83. The van der Waals surface area contributed by atoms with Crippen molar-refractivity contribution in [3.8, 4) is 0 Å². The van der Waals surface area contributed by atoms with Crippen LogP contribution in [-0.4, -0.2) is 58.2 Å². The fourth-order valence-electron chi connectivity index (χ4n) is 3.91.